The second-order valence-corrected chi connectivity index (χ2v) is 5.08. The lowest BCUT2D eigenvalue weighted by atomic mass is 10.1. The third kappa shape index (κ3) is 3.55. The van der Waals surface area contributed by atoms with Crippen LogP contribution in [0, 0.1) is 0 Å². The van der Waals surface area contributed by atoms with Crippen molar-refractivity contribution in [3.8, 4) is 0 Å². The van der Waals surface area contributed by atoms with Gasteiger partial charge in [0.25, 0.3) is 0 Å². The van der Waals surface area contributed by atoms with Crippen molar-refractivity contribution in [2.24, 2.45) is 0 Å². The fraction of sp³-hybridized carbons (Fsp3) is 0.143. The lowest BCUT2D eigenvalue weighted by molar-refractivity contribution is -0.118. The lowest BCUT2D eigenvalue weighted by Gasteiger charge is -2.11. The summed E-state index contributed by atoms with van der Waals surface area (Å²) in [6, 6.07) is 8.88. The van der Waals surface area contributed by atoms with Crippen LogP contribution in [-0.2, 0) is 4.79 Å². The molecule has 3 N–H and O–H groups in total. The summed E-state index contributed by atoms with van der Waals surface area (Å²) in [7, 11) is 0. The monoisotopic (exact) mass is 336 g/mol. The van der Waals surface area contributed by atoms with Crippen molar-refractivity contribution in [1.29, 1.82) is 0 Å². The highest BCUT2D eigenvalue weighted by atomic mass is 79.9. The highest BCUT2D eigenvalue weighted by Crippen LogP contribution is 2.16. The van der Waals surface area contributed by atoms with Crippen molar-refractivity contribution in [3.63, 3.8) is 0 Å². The number of halogens is 1. The minimum absolute atomic E-state index is 0.115. The summed E-state index contributed by atoms with van der Waals surface area (Å²) >= 11 is 3.08. The Bertz CT molecular complexity index is 655. The fourth-order valence-corrected chi connectivity index (χ4v) is 2.07. The first-order valence-electron chi connectivity index (χ1n) is 5.97. The third-order valence-corrected chi connectivity index (χ3v) is 3.33. The van der Waals surface area contributed by atoms with Crippen molar-refractivity contribution >= 4 is 27.5 Å². The van der Waals surface area contributed by atoms with E-state index in [1.807, 2.05) is 6.07 Å². The van der Waals surface area contributed by atoms with Gasteiger partial charge in [0.15, 0.2) is 0 Å². The molecule has 0 spiro atoms. The number of aromatic nitrogens is 1. The molecule has 0 aliphatic carbocycles. The standard InChI is InChI=1S/C14H13BrN2O3/c15-10-7-16-8-11(14(10)20)17-13(19)6-12(18)9-4-2-1-3-5-9/h1-5,7-8,12,18H,6H2,(H,16,20)(H,17,19). The maximum Gasteiger partial charge on any atom is 0.227 e. The summed E-state index contributed by atoms with van der Waals surface area (Å²) in [5, 5.41) is 12.4. The molecule has 1 unspecified atom stereocenters. The van der Waals surface area contributed by atoms with Crippen LogP contribution in [0.4, 0.5) is 5.69 Å². The van der Waals surface area contributed by atoms with Crippen molar-refractivity contribution in [2.75, 3.05) is 5.32 Å². The van der Waals surface area contributed by atoms with E-state index < -0.39 is 12.0 Å². The number of aliphatic hydroxyl groups excluding tert-OH is 1. The number of H-pyrrole nitrogens is 1. The van der Waals surface area contributed by atoms with Crippen LogP contribution < -0.4 is 10.7 Å². The molecule has 0 saturated heterocycles. The first kappa shape index (κ1) is 14.5. The molecule has 0 fully saturated rings. The van der Waals surface area contributed by atoms with Crippen LogP contribution in [0.5, 0.6) is 0 Å². The second-order valence-electron chi connectivity index (χ2n) is 4.22. The zero-order valence-electron chi connectivity index (χ0n) is 10.5. The minimum Gasteiger partial charge on any atom is -0.388 e. The van der Waals surface area contributed by atoms with Gasteiger partial charge in [0, 0.05) is 12.4 Å². The highest BCUT2D eigenvalue weighted by molar-refractivity contribution is 9.10. The molecule has 1 aromatic carbocycles. The molecule has 0 aliphatic heterocycles. The maximum atomic E-state index is 11.8. The SMILES string of the molecule is O=C(CC(O)c1ccccc1)Nc1c[nH]cc(Br)c1=O. The van der Waals surface area contributed by atoms with E-state index in [4.69, 9.17) is 0 Å². The van der Waals surface area contributed by atoms with Gasteiger partial charge in [0.05, 0.1) is 17.0 Å². The molecular formula is C14H13BrN2O3. The number of rotatable bonds is 4. The first-order chi connectivity index (χ1) is 9.58. The van der Waals surface area contributed by atoms with Crippen molar-refractivity contribution in [3.05, 3.63) is 63.0 Å². The van der Waals surface area contributed by atoms with Gasteiger partial charge in [-0.15, -0.1) is 0 Å². The lowest BCUT2D eigenvalue weighted by Crippen LogP contribution is -2.20. The molecule has 0 bridgehead atoms. The predicted octanol–water partition coefficient (Wildman–Crippen LogP) is 2.20. The Labute approximate surface area is 123 Å². The number of hydrogen-bond donors (Lipinski definition) is 3. The zero-order valence-corrected chi connectivity index (χ0v) is 12.1. The molecule has 20 heavy (non-hydrogen) atoms. The molecule has 2 rings (SSSR count). The van der Waals surface area contributed by atoms with Gasteiger partial charge in [-0.2, -0.15) is 0 Å². The van der Waals surface area contributed by atoms with Gasteiger partial charge in [0.1, 0.15) is 5.69 Å². The van der Waals surface area contributed by atoms with Gasteiger partial charge in [-0.1, -0.05) is 30.3 Å². The number of benzene rings is 1. The summed E-state index contributed by atoms with van der Waals surface area (Å²) in [5.74, 6) is -0.426. The van der Waals surface area contributed by atoms with Gasteiger partial charge >= 0.3 is 0 Å². The minimum atomic E-state index is -0.901. The maximum absolute atomic E-state index is 11.8. The second kappa shape index (κ2) is 6.49. The van der Waals surface area contributed by atoms with E-state index in [2.05, 4.69) is 26.2 Å². The van der Waals surface area contributed by atoms with Crippen LogP contribution in [-0.4, -0.2) is 16.0 Å². The van der Waals surface area contributed by atoms with E-state index in [9.17, 15) is 14.7 Å². The van der Waals surface area contributed by atoms with E-state index in [0.29, 0.717) is 10.0 Å². The molecule has 2 aromatic rings. The molecular weight excluding hydrogens is 324 g/mol. The number of carbonyl (C=O) groups is 1. The number of anilines is 1. The first-order valence-corrected chi connectivity index (χ1v) is 6.76. The zero-order chi connectivity index (χ0) is 14.5. The molecule has 0 saturated carbocycles. The summed E-state index contributed by atoms with van der Waals surface area (Å²) in [4.78, 5) is 26.3. The molecule has 104 valence electrons. The van der Waals surface area contributed by atoms with Crippen LogP contribution in [0.2, 0.25) is 0 Å². The number of hydrogen-bond acceptors (Lipinski definition) is 3. The molecule has 1 atom stereocenters. The smallest absolute Gasteiger partial charge is 0.227 e. The summed E-state index contributed by atoms with van der Waals surface area (Å²) in [6.07, 6.45) is 1.87. The Balaban J connectivity index is 2.03. The average molecular weight is 337 g/mol. The molecule has 5 nitrogen and oxygen atoms in total. The molecule has 0 radical (unpaired) electrons. The molecule has 1 heterocycles. The number of aliphatic hydroxyl groups is 1. The Kier molecular flexibility index (Phi) is 4.70. The number of aromatic amines is 1. The Morgan fingerprint density at radius 2 is 2.00 bits per heavy atom. The summed E-state index contributed by atoms with van der Waals surface area (Å²) in [6.45, 7) is 0. The van der Waals surface area contributed by atoms with E-state index in [1.165, 1.54) is 12.4 Å². The average Bonchev–Trinajstić information content (AvgIpc) is 2.45. The van der Waals surface area contributed by atoms with Crippen LogP contribution >= 0.6 is 15.9 Å². The van der Waals surface area contributed by atoms with Crippen LogP contribution in [0.15, 0.2) is 52.0 Å². The largest absolute Gasteiger partial charge is 0.388 e. The van der Waals surface area contributed by atoms with Gasteiger partial charge in [-0.25, -0.2) is 0 Å². The molecule has 6 heteroatoms. The molecule has 0 aliphatic rings. The number of carbonyl (C=O) groups excluding carboxylic acids is 1. The predicted molar refractivity (Wildman–Crippen MR) is 79.4 cm³/mol. The van der Waals surface area contributed by atoms with Crippen molar-refractivity contribution in [2.45, 2.75) is 12.5 Å². The normalized spacial score (nSPS) is 11.9. The highest BCUT2D eigenvalue weighted by Gasteiger charge is 2.14. The Morgan fingerprint density at radius 1 is 1.30 bits per heavy atom. The van der Waals surface area contributed by atoms with Crippen LogP contribution in [0.1, 0.15) is 18.1 Å². The quantitative estimate of drug-likeness (QED) is 0.800. The van der Waals surface area contributed by atoms with E-state index in [0.717, 1.165) is 0 Å². The molecule has 1 aromatic heterocycles. The van der Waals surface area contributed by atoms with Gasteiger partial charge in [-0.05, 0) is 21.5 Å². The Hall–Kier alpha value is -1.92. The number of pyridine rings is 1. The van der Waals surface area contributed by atoms with Gasteiger partial charge < -0.3 is 15.4 Å². The van der Waals surface area contributed by atoms with Gasteiger partial charge in [0.2, 0.25) is 11.3 Å². The summed E-state index contributed by atoms with van der Waals surface area (Å²) < 4.78 is 0.332. The Morgan fingerprint density at radius 3 is 2.70 bits per heavy atom. The van der Waals surface area contributed by atoms with Crippen LogP contribution in [0.25, 0.3) is 0 Å². The topological polar surface area (TPSA) is 82.2 Å². The summed E-state index contributed by atoms with van der Waals surface area (Å²) in [5.41, 5.74) is 0.488. The third-order valence-electron chi connectivity index (χ3n) is 2.74. The fourth-order valence-electron chi connectivity index (χ4n) is 1.72. The van der Waals surface area contributed by atoms with Gasteiger partial charge in [-0.3, -0.25) is 9.59 Å². The van der Waals surface area contributed by atoms with Crippen molar-refractivity contribution in [1.82, 2.24) is 4.98 Å². The van der Waals surface area contributed by atoms with Crippen molar-refractivity contribution < 1.29 is 9.90 Å². The van der Waals surface area contributed by atoms with E-state index >= 15 is 0 Å². The van der Waals surface area contributed by atoms with E-state index in [-0.39, 0.29) is 17.5 Å². The molecule has 1 amide bonds. The van der Waals surface area contributed by atoms with E-state index in [1.54, 1.807) is 24.3 Å². The number of amides is 1. The number of nitrogens with one attached hydrogen (secondary N) is 2. The van der Waals surface area contributed by atoms with Crippen LogP contribution in [0.3, 0.4) is 0 Å².